The maximum atomic E-state index is 13.2. The van der Waals surface area contributed by atoms with Crippen molar-refractivity contribution >= 4 is 22.9 Å². The van der Waals surface area contributed by atoms with E-state index in [-0.39, 0.29) is 16.2 Å². The smallest absolute Gasteiger partial charge is 0.124 e. The summed E-state index contributed by atoms with van der Waals surface area (Å²) in [6, 6.07) is 4.51. The van der Waals surface area contributed by atoms with Crippen molar-refractivity contribution in [1.29, 1.82) is 0 Å². The summed E-state index contributed by atoms with van der Waals surface area (Å²) >= 11 is 4.97. The molecule has 4 heteroatoms. The molecule has 0 amide bonds. The first-order chi connectivity index (χ1) is 9.35. The normalized spacial score (nSPS) is 11.4. The van der Waals surface area contributed by atoms with Gasteiger partial charge in [-0.2, -0.15) is 0 Å². The van der Waals surface area contributed by atoms with Gasteiger partial charge in [0.2, 0.25) is 0 Å². The van der Waals surface area contributed by atoms with E-state index in [1.807, 2.05) is 0 Å². The Morgan fingerprint density at radius 3 is 2.65 bits per heavy atom. The molecule has 0 unspecified atom stereocenters. The topological polar surface area (TPSA) is 38.0 Å². The van der Waals surface area contributed by atoms with Crippen molar-refractivity contribution in [1.82, 2.24) is 0 Å². The second-order valence-electron chi connectivity index (χ2n) is 6.03. The fourth-order valence-electron chi connectivity index (χ4n) is 2.15. The largest absolute Gasteiger partial charge is 0.389 e. The van der Waals surface area contributed by atoms with Gasteiger partial charge in [-0.05, 0) is 30.0 Å². The first-order valence-electron chi connectivity index (χ1n) is 7.19. The zero-order valence-corrected chi connectivity index (χ0v) is 13.4. The number of nitrogens with two attached hydrogens (primary N) is 1. The Labute approximate surface area is 126 Å². The molecule has 0 fully saturated rings. The number of halogens is 1. The molecule has 0 atom stereocenters. The van der Waals surface area contributed by atoms with Gasteiger partial charge in [-0.3, -0.25) is 0 Å². The Hall–Kier alpha value is -1.16. The van der Waals surface area contributed by atoms with Crippen LogP contribution in [0.2, 0.25) is 0 Å². The standard InChI is InChI=1S/C16H25FN2S/c1-4-5-6-9-16(2,3)11-19-14-8-7-12(17)10-13(14)15(18)20/h7-8,10,19H,4-6,9,11H2,1-3H3,(H2,18,20). The highest BCUT2D eigenvalue weighted by Crippen LogP contribution is 2.25. The fraction of sp³-hybridized carbons (Fsp3) is 0.562. The molecule has 0 aliphatic carbocycles. The van der Waals surface area contributed by atoms with Crippen LogP contribution in [0.1, 0.15) is 52.0 Å². The monoisotopic (exact) mass is 296 g/mol. The number of benzene rings is 1. The summed E-state index contributed by atoms with van der Waals surface area (Å²) in [5.41, 5.74) is 7.22. The Morgan fingerprint density at radius 1 is 1.35 bits per heavy atom. The van der Waals surface area contributed by atoms with Gasteiger partial charge in [-0.1, -0.05) is 52.3 Å². The van der Waals surface area contributed by atoms with Crippen LogP contribution in [-0.4, -0.2) is 11.5 Å². The van der Waals surface area contributed by atoms with Gasteiger partial charge in [0, 0.05) is 17.8 Å². The summed E-state index contributed by atoms with van der Waals surface area (Å²) in [6.45, 7) is 7.50. The van der Waals surface area contributed by atoms with E-state index in [0.717, 1.165) is 18.7 Å². The highest BCUT2D eigenvalue weighted by molar-refractivity contribution is 7.80. The van der Waals surface area contributed by atoms with E-state index in [1.165, 1.54) is 31.4 Å². The molecule has 1 aromatic carbocycles. The maximum Gasteiger partial charge on any atom is 0.124 e. The van der Waals surface area contributed by atoms with Gasteiger partial charge >= 0.3 is 0 Å². The molecule has 112 valence electrons. The van der Waals surface area contributed by atoms with Crippen molar-refractivity contribution in [2.24, 2.45) is 11.1 Å². The van der Waals surface area contributed by atoms with Gasteiger partial charge < -0.3 is 11.1 Å². The molecule has 2 nitrogen and oxygen atoms in total. The van der Waals surface area contributed by atoms with Crippen LogP contribution in [0, 0.1) is 11.2 Å². The molecule has 0 aliphatic heterocycles. The quantitative estimate of drug-likeness (QED) is 0.549. The molecule has 0 heterocycles. The molecule has 0 bridgehead atoms. The summed E-state index contributed by atoms with van der Waals surface area (Å²) in [5, 5.41) is 3.35. The minimum Gasteiger partial charge on any atom is -0.389 e. The van der Waals surface area contributed by atoms with E-state index in [4.69, 9.17) is 18.0 Å². The zero-order valence-electron chi connectivity index (χ0n) is 12.6. The van der Waals surface area contributed by atoms with Crippen LogP contribution < -0.4 is 11.1 Å². The summed E-state index contributed by atoms with van der Waals surface area (Å²) in [5.74, 6) is -0.319. The van der Waals surface area contributed by atoms with E-state index >= 15 is 0 Å². The third kappa shape index (κ3) is 5.45. The molecule has 3 N–H and O–H groups in total. The third-order valence-electron chi connectivity index (χ3n) is 3.46. The average molecular weight is 296 g/mol. The van der Waals surface area contributed by atoms with Gasteiger partial charge in [0.15, 0.2) is 0 Å². The van der Waals surface area contributed by atoms with Gasteiger partial charge in [-0.15, -0.1) is 0 Å². The molecule has 0 saturated carbocycles. The van der Waals surface area contributed by atoms with Gasteiger partial charge in [-0.25, -0.2) is 4.39 Å². The van der Waals surface area contributed by atoms with E-state index < -0.39 is 0 Å². The Morgan fingerprint density at radius 2 is 2.05 bits per heavy atom. The lowest BCUT2D eigenvalue weighted by atomic mass is 9.86. The molecular weight excluding hydrogens is 271 g/mol. The fourth-order valence-corrected chi connectivity index (χ4v) is 2.32. The Balaban J connectivity index is 2.67. The third-order valence-corrected chi connectivity index (χ3v) is 3.68. The number of thiocarbonyl (C=S) groups is 1. The summed E-state index contributed by atoms with van der Waals surface area (Å²) in [6.07, 6.45) is 4.89. The lowest BCUT2D eigenvalue weighted by Gasteiger charge is -2.26. The highest BCUT2D eigenvalue weighted by Gasteiger charge is 2.18. The van der Waals surface area contributed by atoms with Crippen LogP contribution >= 0.6 is 12.2 Å². The van der Waals surface area contributed by atoms with Crippen molar-refractivity contribution in [3.8, 4) is 0 Å². The van der Waals surface area contributed by atoms with Gasteiger partial charge in [0.1, 0.15) is 10.8 Å². The van der Waals surface area contributed by atoms with E-state index in [9.17, 15) is 4.39 Å². The van der Waals surface area contributed by atoms with Gasteiger partial charge in [0.25, 0.3) is 0 Å². The number of nitrogens with one attached hydrogen (secondary N) is 1. The number of rotatable bonds is 8. The van der Waals surface area contributed by atoms with E-state index in [1.54, 1.807) is 6.07 Å². The number of anilines is 1. The van der Waals surface area contributed by atoms with Crippen molar-refractivity contribution in [2.45, 2.75) is 46.5 Å². The first-order valence-corrected chi connectivity index (χ1v) is 7.60. The van der Waals surface area contributed by atoms with Crippen molar-refractivity contribution in [2.75, 3.05) is 11.9 Å². The summed E-state index contributed by atoms with van der Waals surface area (Å²) in [7, 11) is 0. The Kier molecular flexibility index (Phi) is 6.40. The first kappa shape index (κ1) is 16.9. The van der Waals surface area contributed by atoms with Crippen LogP contribution in [0.3, 0.4) is 0 Å². The van der Waals surface area contributed by atoms with Crippen molar-refractivity contribution in [3.63, 3.8) is 0 Å². The number of unbranched alkanes of at least 4 members (excludes halogenated alkanes) is 2. The molecule has 0 aromatic heterocycles. The molecule has 1 aromatic rings. The summed E-state index contributed by atoms with van der Waals surface area (Å²) in [4.78, 5) is 0.218. The second-order valence-corrected chi connectivity index (χ2v) is 6.47. The minimum absolute atomic E-state index is 0.192. The summed E-state index contributed by atoms with van der Waals surface area (Å²) < 4.78 is 13.2. The van der Waals surface area contributed by atoms with Gasteiger partial charge in [0.05, 0.1) is 0 Å². The predicted octanol–water partition coefficient (Wildman–Crippen LogP) is 4.48. The van der Waals surface area contributed by atoms with Crippen LogP contribution in [0.5, 0.6) is 0 Å². The SMILES string of the molecule is CCCCCC(C)(C)CNc1ccc(F)cc1C(N)=S. The predicted molar refractivity (Wildman–Crippen MR) is 88.7 cm³/mol. The van der Waals surface area contributed by atoms with E-state index in [2.05, 4.69) is 26.1 Å². The molecule has 0 saturated heterocycles. The van der Waals surface area contributed by atoms with Crippen LogP contribution in [-0.2, 0) is 0 Å². The average Bonchev–Trinajstić information content (AvgIpc) is 2.37. The minimum atomic E-state index is -0.319. The number of hydrogen-bond donors (Lipinski definition) is 2. The highest BCUT2D eigenvalue weighted by atomic mass is 32.1. The van der Waals surface area contributed by atoms with Crippen molar-refractivity contribution in [3.05, 3.63) is 29.6 Å². The molecular formula is C16H25FN2S. The lowest BCUT2D eigenvalue weighted by molar-refractivity contribution is 0.342. The molecule has 0 radical (unpaired) electrons. The molecule has 0 spiro atoms. The van der Waals surface area contributed by atoms with Crippen LogP contribution in [0.25, 0.3) is 0 Å². The van der Waals surface area contributed by atoms with Crippen molar-refractivity contribution < 1.29 is 4.39 Å². The van der Waals surface area contributed by atoms with Crippen LogP contribution in [0.4, 0.5) is 10.1 Å². The maximum absolute atomic E-state index is 13.2. The molecule has 0 aliphatic rings. The molecule has 20 heavy (non-hydrogen) atoms. The molecule has 1 rings (SSSR count). The number of hydrogen-bond acceptors (Lipinski definition) is 2. The van der Waals surface area contributed by atoms with Crippen LogP contribution in [0.15, 0.2) is 18.2 Å². The van der Waals surface area contributed by atoms with E-state index in [0.29, 0.717) is 5.56 Å². The zero-order chi connectivity index (χ0) is 15.2. The second kappa shape index (κ2) is 7.58. The lowest BCUT2D eigenvalue weighted by Crippen LogP contribution is -2.24. The Bertz CT molecular complexity index is 458.